The van der Waals surface area contributed by atoms with Crippen molar-refractivity contribution in [3.8, 4) is 0 Å². The molecular formula is C14H18N4O6S. The SMILES string of the molecule is O=C(NCCc1ccncc1)[C@H]1CC[C@@H]2CN1C(=O)N2OS(=O)(=O)O. The van der Waals surface area contributed by atoms with Crippen molar-refractivity contribution < 1.29 is 26.8 Å². The van der Waals surface area contributed by atoms with Gasteiger partial charge in [0, 0.05) is 25.5 Å². The Morgan fingerprint density at radius 3 is 2.76 bits per heavy atom. The van der Waals surface area contributed by atoms with Crippen LogP contribution in [0.4, 0.5) is 4.79 Å². The fraction of sp³-hybridized carbons (Fsp3) is 0.500. The van der Waals surface area contributed by atoms with E-state index >= 15 is 0 Å². The Morgan fingerprint density at radius 1 is 1.36 bits per heavy atom. The summed E-state index contributed by atoms with van der Waals surface area (Å²) in [5, 5.41) is 3.41. The van der Waals surface area contributed by atoms with Gasteiger partial charge in [0.05, 0.1) is 6.04 Å². The van der Waals surface area contributed by atoms with Gasteiger partial charge in [-0.1, -0.05) is 0 Å². The van der Waals surface area contributed by atoms with Gasteiger partial charge in [0.1, 0.15) is 6.04 Å². The van der Waals surface area contributed by atoms with Crippen LogP contribution in [0.25, 0.3) is 0 Å². The van der Waals surface area contributed by atoms with E-state index in [0.717, 1.165) is 5.56 Å². The third kappa shape index (κ3) is 4.06. The molecular weight excluding hydrogens is 352 g/mol. The molecule has 0 radical (unpaired) electrons. The Bertz CT molecular complexity index is 756. The van der Waals surface area contributed by atoms with Crippen LogP contribution < -0.4 is 5.32 Å². The molecule has 3 amide bonds. The zero-order chi connectivity index (χ0) is 18.0. The van der Waals surface area contributed by atoms with Gasteiger partial charge in [-0.25, -0.2) is 4.79 Å². The van der Waals surface area contributed by atoms with Gasteiger partial charge in [-0.05, 0) is 37.0 Å². The Balaban J connectivity index is 1.57. The lowest BCUT2D eigenvalue weighted by molar-refractivity contribution is -0.126. The number of urea groups is 1. The van der Waals surface area contributed by atoms with Crippen LogP contribution in [0, 0.1) is 0 Å². The average molecular weight is 370 g/mol. The van der Waals surface area contributed by atoms with E-state index in [-0.39, 0.29) is 12.5 Å². The Morgan fingerprint density at radius 2 is 2.08 bits per heavy atom. The highest BCUT2D eigenvalue weighted by molar-refractivity contribution is 7.80. The van der Waals surface area contributed by atoms with Crippen molar-refractivity contribution in [3.63, 3.8) is 0 Å². The molecule has 2 aliphatic rings. The fourth-order valence-corrected chi connectivity index (χ4v) is 3.49. The minimum Gasteiger partial charge on any atom is -0.354 e. The number of hydroxylamine groups is 2. The number of hydrogen-bond acceptors (Lipinski definition) is 6. The summed E-state index contributed by atoms with van der Waals surface area (Å²) >= 11 is 0. The number of carbonyl (C=O) groups excluding carboxylic acids is 2. The summed E-state index contributed by atoms with van der Waals surface area (Å²) in [5.74, 6) is -0.297. The van der Waals surface area contributed by atoms with Crippen LogP contribution in [0.1, 0.15) is 18.4 Å². The molecule has 25 heavy (non-hydrogen) atoms. The second kappa shape index (κ2) is 6.94. The van der Waals surface area contributed by atoms with Crippen molar-refractivity contribution in [2.75, 3.05) is 13.1 Å². The summed E-state index contributed by atoms with van der Waals surface area (Å²) in [7, 11) is -4.79. The molecule has 136 valence electrons. The Kier molecular flexibility index (Phi) is 4.88. The molecule has 2 fully saturated rings. The topological polar surface area (TPSA) is 129 Å². The van der Waals surface area contributed by atoms with Gasteiger partial charge >= 0.3 is 16.4 Å². The number of piperidine rings is 1. The first kappa shape index (κ1) is 17.6. The summed E-state index contributed by atoms with van der Waals surface area (Å²) in [4.78, 5) is 29.8. The molecule has 3 heterocycles. The zero-order valence-electron chi connectivity index (χ0n) is 13.2. The number of rotatable bonds is 6. The molecule has 0 unspecified atom stereocenters. The third-order valence-electron chi connectivity index (χ3n) is 4.26. The molecule has 1 aromatic heterocycles. The molecule has 3 rings (SSSR count). The van der Waals surface area contributed by atoms with Gasteiger partial charge < -0.3 is 10.2 Å². The summed E-state index contributed by atoms with van der Waals surface area (Å²) < 4.78 is 34.8. The molecule has 2 saturated heterocycles. The number of aromatic nitrogens is 1. The van der Waals surface area contributed by atoms with Crippen molar-refractivity contribution in [1.82, 2.24) is 20.3 Å². The van der Waals surface area contributed by atoms with Crippen molar-refractivity contribution >= 4 is 22.3 Å². The van der Waals surface area contributed by atoms with E-state index in [2.05, 4.69) is 14.6 Å². The number of nitrogens with one attached hydrogen (secondary N) is 1. The van der Waals surface area contributed by atoms with Gasteiger partial charge in [0.15, 0.2) is 0 Å². The maximum Gasteiger partial charge on any atom is 0.418 e. The van der Waals surface area contributed by atoms with Crippen LogP contribution >= 0.6 is 0 Å². The minimum absolute atomic E-state index is 0.177. The predicted octanol–water partition coefficient (Wildman–Crippen LogP) is -0.257. The Hall–Kier alpha value is -2.24. The monoisotopic (exact) mass is 370 g/mol. The molecule has 2 bridgehead atoms. The number of amides is 3. The molecule has 0 aromatic carbocycles. The highest BCUT2D eigenvalue weighted by atomic mass is 32.3. The second-order valence-corrected chi connectivity index (χ2v) is 6.91. The molecule has 2 atom stereocenters. The second-order valence-electron chi connectivity index (χ2n) is 5.91. The van der Waals surface area contributed by atoms with Gasteiger partial charge in [-0.15, -0.1) is 4.28 Å². The maximum atomic E-state index is 12.4. The smallest absolute Gasteiger partial charge is 0.354 e. The van der Waals surface area contributed by atoms with Crippen LogP contribution in [0.3, 0.4) is 0 Å². The van der Waals surface area contributed by atoms with Crippen LogP contribution in [0.15, 0.2) is 24.5 Å². The van der Waals surface area contributed by atoms with E-state index in [4.69, 9.17) is 4.55 Å². The highest BCUT2D eigenvalue weighted by Gasteiger charge is 2.49. The molecule has 0 spiro atoms. The van der Waals surface area contributed by atoms with Gasteiger partial charge in [-0.2, -0.15) is 13.5 Å². The lowest BCUT2D eigenvalue weighted by Crippen LogP contribution is -2.50. The van der Waals surface area contributed by atoms with E-state index in [1.54, 1.807) is 12.4 Å². The molecule has 1 aromatic rings. The first-order valence-electron chi connectivity index (χ1n) is 7.78. The van der Waals surface area contributed by atoms with Crippen molar-refractivity contribution in [2.24, 2.45) is 0 Å². The molecule has 2 aliphatic heterocycles. The highest BCUT2D eigenvalue weighted by Crippen LogP contribution is 2.30. The Labute approximate surface area is 144 Å². The molecule has 11 heteroatoms. The van der Waals surface area contributed by atoms with E-state index in [9.17, 15) is 18.0 Å². The van der Waals surface area contributed by atoms with E-state index in [1.165, 1.54) is 4.90 Å². The number of pyridine rings is 1. The molecule has 2 N–H and O–H groups in total. The minimum atomic E-state index is -4.79. The first-order chi connectivity index (χ1) is 11.8. The van der Waals surface area contributed by atoms with E-state index < -0.39 is 28.5 Å². The van der Waals surface area contributed by atoms with Crippen LogP contribution in [0.2, 0.25) is 0 Å². The lowest BCUT2D eigenvalue weighted by atomic mass is 10.0. The molecule has 0 aliphatic carbocycles. The predicted molar refractivity (Wildman–Crippen MR) is 84.3 cm³/mol. The quantitative estimate of drug-likeness (QED) is 0.660. The largest absolute Gasteiger partial charge is 0.418 e. The first-order valence-corrected chi connectivity index (χ1v) is 9.15. The normalized spacial score (nSPS) is 23.0. The molecule has 0 saturated carbocycles. The van der Waals surface area contributed by atoms with Crippen molar-refractivity contribution in [2.45, 2.75) is 31.3 Å². The van der Waals surface area contributed by atoms with Crippen LogP contribution in [-0.4, -0.2) is 65.0 Å². The van der Waals surface area contributed by atoms with Gasteiger partial charge in [0.25, 0.3) is 0 Å². The number of hydrogen-bond donors (Lipinski definition) is 2. The van der Waals surface area contributed by atoms with Crippen LogP contribution in [-0.2, 0) is 25.9 Å². The standard InChI is InChI=1S/C14H18N4O6S/c19-13(16-8-5-10-3-6-15-7-4-10)12-2-1-11-9-17(12)14(20)18(11)24-25(21,22)23/h3-4,6-7,11-12H,1-2,5,8-9H2,(H,16,19)(H,21,22,23)/t11-,12-/m1/s1. The summed E-state index contributed by atoms with van der Waals surface area (Å²) in [6.07, 6.45) is 4.77. The summed E-state index contributed by atoms with van der Waals surface area (Å²) in [5.41, 5.74) is 1.03. The lowest BCUT2D eigenvalue weighted by Gasteiger charge is -2.29. The zero-order valence-corrected chi connectivity index (χ0v) is 14.1. The summed E-state index contributed by atoms with van der Waals surface area (Å²) in [6.45, 7) is 0.590. The fourth-order valence-electron chi connectivity index (χ4n) is 3.10. The summed E-state index contributed by atoms with van der Waals surface area (Å²) in [6, 6.07) is 1.78. The van der Waals surface area contributed by atoms with Crippen molar-refractivity contribution in [1.29, 1.82) is 0 Å². The van der Waals surface area contributed by atoms with Gasteiger partial charge in [-0.3, -0.25) is 14.3 Å². The van der Waals surface area contributed by atoms with Crippen LogP contribution in [0.5, 0.6) is 0 Å². The third-order valence-corrected chi connectivity index (χ3v) is 4.61. The van der Waals surface area contributed by atoms with E-state index in [0.29, 0.717) is 30.9 Å². The molecule has 10 nitrogen and oxygen atoms in total. The van der Waals surface area contributed by atoms with Crippen molar-refractivity contribution in [3.05, 3.63) is 30.1 Å². The number of nitrogens with zero attached hydrogens (tertiary/aromatic N) is 3. The van der Waals surface area contributed by atoms with Gasteiger partial charge in [0.2, 0.25) is 5.91 Å². The number of fused-ring (bicyclic) bond motifs is 2. The average Bonchev–Trinajstić information content (AvgIpc) is 2.79. The van der Waals surface area contributed by atoms with E-state index in [1.807, 2.05) is 12.1 Å². The maximum absolute atomic E-state index is 12.4. The number of carbonyl (C=O) groups is 2.